The molecule has 0 spiro atoms. The number of rotatable bonds is 4. The van der Waals surface area contributed by atoms with Crippen molar-refractivity contribution in [2.24, 2.45) is 11.8 Å². The second-order valence-electron chi connectivity index (χ2n) is 8.16. The zero-order chi connectivity index (χ0) is 16.7. The first-order valence-corrected chi connectivity index (χ1v) is 9.45. The second-order valence-corrected chi connectivity index (χ2v) is 8.16. The van der Waals surface area contributed by atoms with Crippen LogP contribution in [0.25, 0.3) is 0 Å². The second kappa shape index (κ2) is 6.54. The van der Waals surface area contributed by atoms with Crippen molar-refractivity contribution in [2.75, 3.05) is 46.5 Å². The Morgan fingerprint density at radius 3 is 2.71 bits per heavy atom. The zero-order valence-corrected chi connectivity index (χ0v) is 14.6. The number of hydrogen-bond acceptors (Lipinski definition) is 4. The number of piperidine rings is 1. The first-order valence-electron chi connectivity index (χ1n) is 9.45. The van der Waals surface area contributed by atoms with Gasteiger partial charge in [0.05, 0.1) is 25.4 Å². The zero-order valence-electron chi connectivity index (χ0n) is 14.6. The Morgan fingerprint density at radius 1 is 1.29 bits per heavy atom. The number of carbonyl (C=O) groups excluding carboxylic acids is 1. The van der Waals surface area contributed by atoms with Gasteiger partial charge < -0.3 is 19.3 Å². The summed E-state index contributed by atoms with van der Waals surface area (Å²) in [5.41, 5.74) is -1.62. The van der Waals surface area contributed by atoms with Crippen LogP contribution >= 0.6 is 0 Å². The summed E-state index contributed by atoms with van der Waals surface area (Å²) in [6.07, 6.45) is 3.92. The van der Waals surface area contributed by atoms with Gasteiger partial charge in [-0.05, 0) is 58.2 Å². The molecule has 136 valence electrons. The van der Waals surface area contributed by atoms with Gasteiger partial charge in [0.2, 0.25) is 0 Å². The third-order valence-corrected chi connectivity index (χ3v) is 6.52. The fourth-order valence-electron chi connectivity index (χ4n) is 4.56. The minimum Gasteiger partial charge on any atom is -0.379 e. The van der Waals surface area contributed by atoms with Crippen LogP contribution in [0.3, 0.4) is 0 Å². The molecule has 1 aliphatic carbocycles. The molecule has 0 aromatic rings. The number of ether oxygens (including phenoxy) is 2. The molecule has 0 radical (unpaired) electrons. The van der Waals surface area contributed by atoms with Crippen LogP contribution in [0.2, 0.25) is 0 Å². The van der Waals surface area contributed by atoms with E-state index < -0.39 is 5.67 Å². The van der Waals surface area contributed by atoms with Crippen LogP contribution in [-0.2, 0) is 14.3 Å². The lowest BCUT2D eigenvalue weighted by atomic mass is 9.81. The summed E-state index contributed by atoms with van der Waals surface area (Å²) in [6.45, 7) is 4.71. The number of hydrogen-bond donors (Lipinski definition) is 0. The number of likely N-dealkylation sites (tertiary alicyclic amines) is 2. The molecular formula is C18H29FN2O3. The normalized spacial score (nSPS) is 36.6. The van der Waals surface area contributed by atoms with E-state index in [-0.39, 0.29) is 24.0 Å². The molecule has 5 nitrogen and oxygen atoms in total. The molecule has 24 heavy (non-hydrogen) atoms. The highest BCUT2D eigenvalue weighted by atomic mass is 19.1. The lowest BCUT2D eigenvalue weighted by molar-refractivity contribution is -0.151. The van der Waals surface area contributed by atoms with Crippen LogP contribution in [0.4, 0.5) is 4.39 Å². The van der Waals surface area contributed by atoms with E-state index in [4.69, 9.17) is 9.47 Å². The van der Waals surface area contributed by atoms with E-state index in [9.17, 15) is 9.18 Å². The van der Waals surface area contributed by atoms with Gasteiger partial charge in [0.1, 0.15) is 0 Å². The maximum atomic E-state index is 14.6. The van der Waals surface area contributed by atoms with E-state index in [0.717, 1.165) is 26.1 Å². The van der Waals surface area contributed by atoms with Gasteiger partial charge in [-0.1, -0.05) is 0 Å². The van der Waals surface area contributed by atoms with Crippen molar-refractivity contribution in [2.45, 2.75) is 49.9 Å². The van der Waals surface area contributed by atoms with Gasteiger partial charge in [0.15, 0.2) is 5.67 Å². The molecule has 4 fully saturated rings. The van der Waals surface area contributed by atoms with Crippen molar-refractivity contribution in [3.05, 3.63) is 0 Å². The third-order valence-electron chi connectivity index (χ3n) is 6.52. The lowest BCUT2D eigenvalue weighted by Gasteiger charge is -2.37. The molecule has 3 atom stereocenters. The molecule has 0 bridgehead atoms. The van der Waals surface area contributed by atoms with E-state index >= 15 is 0 Å². The van der Waals surface area contributed by atoms with Gasteiger partial charge in [-0.3, -0.25) is 4.79 Å². The number of carbonyl (C=O) groups is 1. The Labute approximate surface area is 143 Å². The molecular weight excluding hydrogens is 311 g/mol. The topological polar surface area (TPSA) is 42.0 Å². The highest BCUT2D eigenvalue weighted by molar-refractivity contribution is 5.86. The van der Waals surface area contributed by atoms with Gasteiger partial charge in [-0.25, -0.2) is 4.39 Å². The first kappa shape index (κ1) is 16.7. The Hall–Kier alpha value is -0.720. The van der Waals surface area contributed by atoms with Crippen molar-refractivity contribution < 1.29 is 18.7 Å². The number of halogens is 1. The Kier molecular flexibility index (Phi) is 4.56. The summed E-state index contributed by atoms with van der Waals surface area (Å²) < 4.78 is 26.4. The molecule has 0 N–H and O–H groups in total. The molecule has 4 rings (SSSR count). The fourth-order valence-corrected chi connectivity index (χ4v) is 4.56. The van der Waals surface area contributed by atoms with Crippen LogP contribution in [0.5, 0.6) is 0 Å². The third kappa shape index (κ3) is 2.97. The fraction of sp³-hybridized carbons (Fsp3) is 0.944. The number of amides is 1. The van der Waals surface area contributed by atoms with Gasteiger partial charge >= 0.3 is 0 Å². The Bertz CT molecular complexity index is 477. The van der Waals surface area contributed by atoms with Gasteiger partial charge in [-0.2, -0.15) is 0 Å². The predicted molar refractivity (Wildman–Crippen MR) is 87.5 cm³/mol. The smallest absolute Gasteiger partial charge is 0.260 e. The molecule has 1 amide bonds. The summed E-state index contributed by atoms with van der Waals surface area (Å²) in [5, 5.41) is 0. The van der Waals surface area contributed by atoms with Crippen LogP contribution in [0.15, 0.2) is 0 Å². The average molecular weight is 340 g/mol. The number of alkyl halides is 1. The number of nitrogens with zero attached hydrogens (tertiary/aromatic N) is 2. The summed E-state index contributed by atoms with van der Waals surface area (Å²) in [7, 11) is 2.16. The van der Waals surface area contributed by atoms with Gasteiger partial charge in [0.25, 0.3) is 5.91 Å². The van der Waals surface area contributed by atoms with E-state index in [1.807, 2.05) is 0 Å². The van der Waals surface area contributed by atoms with Crippen molar-refractivity contribution in [3.63, 3.8) is 0 Å². The quantitative estimate of drug-likeness (QED) is 0.777. The molecule has 3 aliphatic heterocycles. The molecule has 4 aliphatic rings. The molecule has 0 aromatic carbocycles. The highest BCUT2D eigenvalue weighted by Gasteiger charge is 2.54. The molecule has 3 saturated heterocycles. The van der Waals surface area contributed by atoms with Crippen molar-refractivity contribution >= 4 is 5.91 Å². The maximum absolute atomic E-state index is 14.6. The summed E-state index contributed by atoms with van der Waals surface area (Å²) in [4.78, 5) is 16.7. The van der Waals surface area contributed by atoms with Crippen LogP contribution in [0.1, 0.15) is 32.1 Å². The van der Waals surface area contributed by atoms with E-state index in [1.165, 1.54) is 12.8 Å². The standard InChI is InChI=1S/C18H29FN2O3/c1-20-7-3-13(4-8-20)10-24-16-9-21(15-12-23-11-14(15)16)17(22)18(19)5-2-6-18/h13-16H,2-12H2,1H3/t14-,15+,16+/m0/s1. The SMILES string of the molecule is CN1CCC(CO[C@@H]2CN(C(=O)C3(F)CCC3)[C@@H]3COC[C@@H]32)CC1. The van der Waals surface area contributed by atoms with Crippen molar-refractivity contribution in [1.82, 2.24) is 9.80 Å². The Balaban J connectivity index is 1.35. The van der Waals surface area contributed by atoms with Crippen LogP contribution in [0, 0.1) is 11.8 Å². The maximum Gasteiger partial charge on any atom is 0.260 e. The van der Waals surface area contributed by atoms with E-state index in [1.54, 1.807) is 4.90 Å². The monoisotopic (exact) mass is 340 g/mol. The number of fused-ring (bicyclic) bond motifs is 1. The molecule has 3 heterocycles. The summed E-state index contributed by atoms with van der Waals surface area (Å²) in [5.74, 6) is 0.495. The minimum absolute atomic E-state index is 0.00443. The average Bonchev–Trinajstić information content (AvgIpc) is 3.14. The largest absolute Gasteiger partial charge is 0.379 e. The van der Waals surface area contributed by atoms with Gasteiger partial charge in [-0.15, -0.1) is 0 Å². The van der Waals surface area contributed by atoms with Crippen molar-refractivity contribution in [3.8, 4) is 0 Å². The lowest BCUT2D eigenvalue weighted by Crippen LogP contribution is -2.52. The van der Waals surface area contributed by atoms with Gasteiger partial charge in [0, 0.05) is 19.1 Å². The summed E-state index contributed by atoms with van der Waals surface area (Å²) >= 11 is 0. The first-order chi connectivity index (χ1) is 11.6. The predicted octanol–water partition coefficient (Wildman–Crippen LogP) is 1.46. The molecule has 6 heteroatoms. The highest BCUT2D eigenvalue weighted by Crippen LogP contribution is 2.41. The Morgan fingerprint density at radius 2 is 2.04 bits per heavy atom. The van der Waals surface area contributed by atoms with E-state index in [0.29, 0.717) is 38.5 Å². The van der Waals surface area contributed by atoms with Crippen LogP contribution in [-0.4, -0.2) is 80.0 Å². The summed E-state index contributed by atoms with van der Waals surface area (Å²) in [6, 6.07) is 0.00761. The van der Waals surface area contributed by atoms with Crippen molar-refractivity contribution in [1.29, 1.82) is 0 Å². The molecule has 0 aromatic heterocycles. The minimum atomic E-state index is -1.62. The molecule has 0 unspecified atom stereocenters. The van der Waals surface area contributed by atoms with Crippen LogP contribution < -0.4 is 0 Å². The molecule has 1 saturated carbocycles. The van der Waals surface area contributed by atoms with E-state index in [2.05, 4.69) is 11.9 Å².